The van der Waals surface area contributed by atoms with Gasteiger partial charge in [0.25, 0.3) is 0 Å². The van der Waals surface area contributed by atoms with Gasteiger partial charge in [0.05, 0.1) is 0 Å². The van der Waals surface area contributed by atoms with Crippen LogP contribution in [0.5, 0.6) is 0 Å². The molecular formula is C27H46N2O. The molecule has 3 nitrogen and oxygen atoms in total. The molecule has 0 radical (unpaired) electrons. The summed E-state index contributed by atoms with van der Waals surface area (Å²) < 4.78 is 0. The van der Waals surface area contributed by atoms with Crippen molar-refractivity contribution >= 4 is 5.91 Å². The lowest BCUT2D eigenvalue weighted by atomic mass is 10.0. The molecule has 0 aromatic heterocycles. The molecule has 1 N–H and O–H groups in total. The highest BCUT2D eigenvalue weighted by atomic mass is 16.2. The summed E-state index contributed by atoms with van der Waals surface area (Å²) in [4.78, 5) is 14.4. The number of carbonyl (C=O) groups is 1. The van der Waals surface area contributed by atoms with Gasteiger partial charge in [0.2, 0.25) is 5.91 Å². The normalized spacial score (nSPS) is 18.5. The van der Waals surface area contributed by atoms with E-state index >= 15 is 0 Å². The van der Waals surface area contributed by atoms with Crippen molar-refractivity contribution in [3.8, 4) is 0 Å². The molecule has 0 spiro atoms. The molecular weight excluding hydrogens is 368 g/mol. The number of piperazine rings is 1. The minimum atomic E-state index is 0.299. The van der Waals surface area contributed by atoms with Crippen LogP contribution in [0.2, 0.25) is 0 Å². The topological polar surface area (TPSA) is 32.3 Å². The smallest absolute Gasteiger partial charge is 0.223 e. The van der Waals surface area contributed by atoms with Crippen LogP contribution in [0, 0.1) is 0 Å². The molecule has 1 aliphatic rings. The summed E-state index contributed by atoms with van der Waals surface area (Å²) in [5.41, 5.74) is 5.80. The van der Waals surface area contributed by atoms with Crippen molar-refractivity contribution in [3.05, 3.63) is 46.6 Å². The maximum atomic E-state index is 12.4. The minimum absolute atomic E-state index is 0.299. The largest absolute Gasteiger partial charge is 0.337 e. The van der Waals surface area contributed by atoms with Gasteiger partial charge >= 0.3 is 0 Å². The van der Waals surface area contributed by atoms with Crippen LogP contribution in [-0.4, -0.2) is 36.5 Å². The van der Waals surface area contributed by atoms with Gasteiger partial charge in [-0.2, -0.15) is 0 Å². The number of allylic oxidation sites excluding steroid dienone is 8. The zero-order valence-electron chi connectivity index (χ0n) is 20.5. The Morgan fingerprint density at radius 1 is 0.800 bits per heavy atom. The Hall–Kier alpha value is -1.61. The van der Waals surface area contributed by atoms with Crippen molar-refractivity contribution in [3.63, 3.8) is 0 Å². The number of rotatable bonds is 12. The van der Waals surface area contributed by atoms with Crippen molar-refractivity contribution in [1.29, 1.82) is 0 Å². The van der Waals surface area contributed by atoms with Crippen molar-refractivity contribution in [1.82, 2.24) is 10.2 Å². The third-order valence-electron chi connectivity index (χ3n) is 5.83. The van der Waals surface area contributed by atoms with Crippen LogP contribution in [0.4, 0.5) is 0 Å². The second-order valence-corrected chi connectivity index (χ2v) is 9.23. The molecule has 170 valence electrons. The number of amides is 1. The minimum Gasteiger partial charge on any atom is -0.337 e. The van der Waals surface area contributed by atoms with Gasteiger partial charge in [-0.15, -0.1) is 0 Å². The van der Waals surface area contributed by atoms with Gasteiger partial charge in [0.15, 0.2) is 0 Å². The second-order valence-electron chi connectivity index (χ2n) is 9.23. The van der Waals surface area contributed by atoms with E-state index in [-0.39, 0.29) is 0 Å². The summed E-state index contributed by atoms with van der Waals surface area (Å²) in [6.45, 7) is 15.8. The van der Waals surface area contributed by atoms with E-state index in [0.29, 0.717) is 18.4 Å². The number of hydrogen-bond donors (Lipinski definition) is 1. The van der Waals surface area contributed by atoms with Crippen molar-refractivity contribution in [2.45, 2.75) is 99.0 Å². The van der Waals surface area contributed by atoms with Gasteiger partial charge in [-0.05, 0) is 86.5 Å². The van der Waals surface area contributed by atoms with Crippen LogP contribution in [0.1, 0.15) is 92.9 Å². The van der Waals surface area contributed by atoms with E-state index in [9.17, 15) is 4.79 Å². The van der Waals surface area contributed by atoms with Gasteiger partial charge < -0.3 is 10.2 Å². The first-order chi connectivity index (χ1) is 14.3. The summed E-state index contributed by atoms with van der Waals surface area (Å²) in [7, 11) is 0. The Kier molecular flexibility index (Phi) is 13.4. The number of nitrogens with one attached hydrogen (secondary N) is 1. The molecule has 1 unspecified atom stereocenters. The lowest BCUT2D eigenvalue weighted by Gasteiger charge is -2.34. The zero-order chi connectivity index (χ0) is 22.4. The standard InChI is InChI=1S/C27H46N2O/c1-22(2)11-7-12-23(3)13-8-14-24(4)15-9-16-25(5)17-10-18-27(30)29-20-19-28-21-26(29)6/h11,13,15,17,26,28H,7-10,12,14,16,18-21H2,1-6H3/b23-13+,24-15?,25-17+. The average molecular weight is 415 g/mol. The SMILES string of the molecule is CC(C)=CCC/C(C)=C/CCC(C)=CCC/C(C)=C/CCC(=O)N1CCNCC1C. The fourth-order valence-corrected chi connectivity index (χ4v) is 3.78. The van der Waals surface area contributed by atoms with Crippen LogP contribution in [-0.2, 0) is 4.79 Å². The summed E-state index contributed by atoms with van der Waals surface area (Å²) in [6, 6.07) is 0.320. The molecule has 1 saturated heterocycles. The third-order valence-corrected chi connectivity index (χ3v) is 5.83. The Balaban J connectivity index is 2.23. The summed E-state index contributed by atoms with van der Waals surface area (Å²) >= 11 is 0. The quantitative estimate of drug-likeness (QED) is 0.359. The lowest BCUT2D eigenvalue weighted by molar-refractivity contribution is -0.133. The highest BCUT2D eigenvalue weighted by molar-refractivity contribution is 5.76. The molecule has 3 heteroatoms. The maximum absolute atomic E-state index is 12.4. The van der Waals surface area contributed by atoms with Crippen molar-refractivity contribution < 1.29 is 4.79 Å². The van der Waals surface area contributed by atoms with Crippen LogP contribution >= 0.6 is 0 Å². The first kappa shape index (κ1) is 26.4. The molecule has 0 aromatic rings. The summed E-state index contributed by atoms with van der Waals surface area (Å²) in [6.07, 6.45) is 17.7. The van der Waals surface area contributed by atoms with E-state index in [1.165, 1.54) is 28.7 Å². The zero-order valence-corrected chi connectivity index (χ0v) is 20.5. The summed E-state index contributed by atoms with van der Waals surface area (Å²) in [5, 5.41) is 3.34. The fourth-order valence-electron chi connectivity index (χ4n) is 3.78. The Morgan fingerprint density at radius 2 is 1.27 bits per heavy atom. The average Bonchev–Trinajstić information content (AvgIpc) is 2.68. The molecule has 0 aromatic carbocycles. The van der Waals surface area contributed by atoms with E-state index in [0.717, 1.165) is 58.2 Å². The van der Waals surface area contributed by atoms with Crippen LogP contribution < -0.4 is 5.32 Å². The molecule has 0 saturated carbocycles. The molecule has 1 atom stereocenters. The first-order valence-electron chi connectivity index (χ1n) is 11.9. The monoisotopic (exact) mass is 414 g/mol. The lowest BCUT2D eigenvalue weighted by Crippen LogP contribution is -2.52. The second kappa shape index (κ2) is 15.2. The molecule has 1 fully saturated rings. The Labute approximate surface area is 186 Å². The van der Waals surface area contributed by atoms with E-state index < -0.39 is 0 Å². The van der Waals surface area contributed by atoms with E-state index in [1.54, 1.807) is 0 Å². The predicted molar refractivity (Wildman–Crippen MR) is 132 cm³/mol. The van der Waals surface area contributed by atoms with E-state index in [1.807, 2.05) is 4.90 Å². The molecule has 1 amide bonds. The Morgan fingerprint density at radius 3 is 1.73 bits per heavy atom. The number of nitrogens with zero attached hydrogens (tertiary/aromatic N) is 1. The van der Waals surface area contributed by atoms with E-state index in [4.69, 9.17) is 0 Å². The summed E-state index contributed by atoms with van der Waals surface area (Å²) in [5.74, 6) is 0.299. The highest BCUT2D eigenvalue weighted by Crippen LogP contribution is 2.14. The maximum Gasteiger partial charge on any atom is 0.223 e. The molecule has 0 aliphatic carbocycles. The highest BCUT2D eigenvalue weighted by Gasteiger charge is 2.21. The van der Waals surface area contributed by atoms with Crippen molar-refractivity contribution in [2.24, 2.45) is 0 Å². The van der Waals surface area contributed by atoms with Gasteiger partial charge in [0.1, 0.15) is 0 Å². The molecule has 0 bridgehead atoms. The molecule has 1 heterocycles. The fraction of sp³-hybridized carbons (Fsp3) is 0.667. The molecule has 1 rings (SSSR count). The Bertz CT molecular complexity index is 635. The third kappa shape index (κ3) is 12.2. The molecule has 30 heavy (non-hydrogen) atoms. The first-order valence-corrected chi connectivity index (χ1v) is 11.9. The van der Waals surface area contributed by atoms with Gasteiger partial charge in [-0.25, -0.2) is 0 Å². The van der Waals surface area contributed by atoms with E-state index in [2.05, 4.69) is 71.2 Å². The number of carbonyl (C=O) groups excluding carboxylic acids is 1. The van der Waals surface area contributed by atoms with Crippen LogP contribution in [0.25, 0.3) is 0 Å². The molecule has 1 aliphatic heterocycles. The van der Waals surface area contributed by atoms with Crippen LogP contribution in [0.15, 0.2) is 46.6 Å². The van der Waals surface area contributed by atoms with Crippen LogP contribution in [0.3, 0.4) is 0 Å². The van der Waals surface area contributed by atoms with Gasteiger partial charge in [-0.3, -0.25) is 4.79 Å². The number of hydrogen-bond acceptors (Lipinski definition) is 2. The van der Waals surface area contributed by atoms with Gasteiger partial charge in [0, 0.05) is 32.1 Å². The predicted octanol–water partition coefficient (Wildman–Crippen LogP) is 6.73. The van der Waals surface area contributed by atoms with Gasteiger partial charge in [-0.1, -0.05) is 46.6 Å². The van der Waals surface area contributed by atoms with Crippen molar-refractivity contribution in [2.75, 3.05) is 19.6 Å².